The Bertz CT molecular complexity index is 674. The highest BCUT2D eigenvalue weighted by molar-refractivity contribution is 5.94. The Hall–Kier alpha value is -3.02. The summed E-state index contributed by atoms with van der Waals surface area (Å²) in [5.74, 6) is 1.25. The average molecular weight is 314 g/mol. The number of methoxy groups -OCH3 is 3. The summed E-state index contributed by atoms with van der Waals surface area (Å²) in [5, 5.41) is 3.95. The van der Waals surface area contributed by atoms with Gasteiger partial charge in [0.2, 0.25) is 5.75 Å². The maximum Gasteiger partial charge on any atom is 0.271 e. The molecule has 0 aromatic heterocycles. The van der Waals surface area contributed by atoms with Crippen molar-refractivity contribution in [1.29, 1.82) is 0 Å². The van der Waals surface area contributed by atoms with E-state index in [9.17, 15) is 4.79 Å². The van der Waals surface area contributed by atoms with Gasteiger partial charge in [0, 0.05) is 11.1 Å². The molecule has 0 aliphatic carbocycles. The van der Waals surface area contributed by atoms with Crippen molar-refractivity contribution in [2.75, 3.05) is 21.3 Å². The molecule has 120 valence electrons. The Balaban J connectivity index is 2.15. The molecule has 2 aromatic rings. The molecule has 2 rings (SSSR count). The van der Waals surface area contributed by atoms with Crippen LogP contribution < -0.4 is 19.6 Å². The molecule has 1 N–H and O–H groups in total. The van der Waals surface area contributed by atoms with E-state index in [-0.39, 0.29) is 5.91 Å². The Morgan fingerprint density at radius 3 is 2.13 bits per heavy atom. The molecule has 0 aliphatic heterocycles. The molecule has 0 spiro atoms. The van der Waals surface area contributed by atoms with Gasteiger partial charge in [0.15, 0.2) is 11.5 Å². The monoisotopic (exact) mass is 314 g/mol. The van der Waals surface area contributed by atoms with E-state index < -0.39 is 0 Å². The van der Waals surface area contributed by atoms with Crippen molar-refractivity contribution in [2.24, 2.45) is 5.10 Å². The second-order valence-electron chi connectivity index (χ2n) is 4.52. The number of nitrogens with zero attached hydrogens (tertiary/aromatic N) is 1. The minimum atomic E-state index is -0.283. The minimum Gasteiger partial charge on any atom is -0.493 e. The van der Waals surface area contributed by atoms with Gasteiger partial charge >= 0.3 is 0 Å². The Morgan fingerprint density at radius 2 is 1.61 bits per heavy atom. The van der Waals surface area contributed by atoms with Crippen LogP contribution in [-0.2, 0) is 0 Å². The van der Waals surface area contributed by atoms with Crippen molar-refractivity contribution < 1.29 is 19.0 Å². The Labute approximate surface area is 134 Å². The van der Waals surface area contributed by atoms with Crippen LogP contribution in [0.25, 0.3) is 0 Å². The third kappa shape index (κ3) is 4.00. The average Bonchev–Trinajstić information content (AvgIpc) is 2.61. The van der Waals surface area contributed by atoms with Gasteiger partial charge in [0.1, 0.15) is 0 Å². The van der Waals surface area contributed by atoms with Gasteiger partial charge in [-0.1, -0.05) is 18.2 Å². The molecule has 0 unspecified atom stereocenters. The van der Waals surface area contributed by atoms with Gasteiger partial charge in [0.25, 0.3) is 5.91 Å². The van der Waals surface area contributed by atoms with E-state index in [0.29, 0.717) is 28.4 Å². The second kappa shape index (κ2) is 7.84. The number of hydrogen-bond donors (Lipinski definition) is 1. The summed E-state index contributed by atoms with van der Waals surface area (Å²) in [6.45, 7) is 0. The molecule has 6 nitrogen and oxygen atoms in total. The highest BCUT2D eigenvalue weighted by Crippen LogP contribution is 2.37. The first kappa shape index (κ1) is 16.4. The first-order chi connectivity index (χ1) is 11.2. The van der Waals surface area contributed by atoms with Gasteiger partial charge in [0.05, 0.1) is 27.5 Å². The van der Waals surface area contributed by atoms with E-state index in [1.807, 2.05) is 6.07 Å². The summed E-state index contributed by atoms with van der Waals surface area (Å²) in [6.07, 6.45) is 1.51. The number of rotatable bonds is 6. The van der Waals surface area contributed by atoms with Gasteiger partial charge < -0.3 is 14.2 Å². The molecule has 0 atom stereocenters. The van der Waals surface area contributed by atoms with E-state index in [1.165, 1.54) is 27.5 Å². The lowest BCUT2D eigenvalue weighted by atomic mass is 10.2. The van der Waals surface area contributed by atoms with Crippen LogP contribution in [0.15, 0.2) is 47.6 Å². The molecule has 6 heteroatoms. The minimum absolute atomic E-state index is 0.283. The molecule has 0 saturated heterocycles. The fraction of sp³-hybridized carbons (Fsp3) is 0.176. The highest BCUT2D eigenvalue weighted by Gasteiger charge is 2.12. The molecular weight excluding hydrogens is 296 g/mol. The first-order valence-corrected chi connectivity index (χ1v) is 6.88. The summed E-state index contributed by atoms with van der Waals surface area (Å²) in [4.78, 5) is 11.9. The number of amides is 1. The van der Waals surface area contributed by atoms with Crippen molar-refractivity contribution in [3.05, 3.63) is 53.6 Å². The zero-order chi connectivity index (χ0) is 16.7. The predicted octanol–water partition coefficient (Wildman–Crippen LogP) is 2.48. The number of carbonyl (C=O) groups excluding carboxylic acids is 1. The molecule has 0 radical (unpaired) electrons. The van der Waals surface area contributed by atoms with Crippen LogP contribution in [-0.4, -0.2) is 33.5 Å². The fourth-order valence-electron chi connectivity index (χ4n) is 2.00. The van der Waals surface area contributed by atoms with Gasteiger partial charge in [-0.3, -0.25) is 4.79 Å². The van der Waals surface area contributed by atoms with Crippen molar-refractivity contribution >= 4 is 12.1 Å². The second-order valence-corrected chi connectivity index (χ2v) is 4.52. The molecule has 23 heavy (non-hydrogen) atoms. The van der Waals surface area contributed by atoms with Gasteiger partial charge in [-0.2, -0.15) is 5.10 Å². The van der Waals surface area contributed by atoms with E-state index in [0.717, 1.165) is 0 Å². The molecule has 1 amide bonds. The van der Waals surface area contributed by atoms with Crippen LogP contribution in [0.1, 0.15) is 15.9 Å². The van der Waals surface area contributed by atoms with E-state index >= 15 is 0 Å². The highest BCUT2D eigenvalue weighted by atomic mass is 16.5. The predicted molar refractivity (Wildman–Crippen MR) is 87.6 cm³/mol. The maximum atomic E-state index is 11.9. The SMILES string of the molecule is COc1cc(/C=N/NC(=O)c2ccccc2)cc(OC)c1OC. The smallest absolute Gasteiger partial charge is 0.271 e. The first-order valence-electron chi connectivity index (χ1n) is 6.88. The number of benzene rings is 2. The van der Waals surface area contributed by atoms with Crippen LogP contribution in [0.2, 0.25) is 0 Å². The molecule has 0 bridgehead atoms. The van der Waals surface area contributed by atoms with Crippen molar-refractivity contribution in [3.8, 4) is 17.2 Å². The third-order valence-corrected chi connectivity index (χ3v) is 3.10. The standard InChI is InChI=1S/C17H18N2O4/c1-21-14-9-12(10-15(22-2)16(14)23-3)11-18-19-17(20)13-7-5-4-6-8-13/h4-11H,1-3H3,(H,19,20)/b18-11+. The zero-order valence-corrected chi connectivity index (χ0v) is 13.2. The third-order valence-electron chi connectivity index (χ3n) is 3.10. The zero-order valence-electron chi connectivity index (χ0n) is 13.2. The van der Waals surface area contributed by atoms with Gasteiger partial charge in [-0.15, -0.1) is 0 Å². The number of hydrazone groups is 1. The van der Waals surface area contributed by atoms with Crippen LogP contribution in [0.3, 0.4) is 0 Å². The van der Waals surface area contributed by atoms with E-state index in [4.69, 9.17) is 14.2 Å². The fourth-order valence-corrected chi connectivity index (χ4v) is 2.00. The largest absolute Gasteiger partial charge is 0.493 e. The molecule has 2 aromatic carbocycles. The van der Waals surface area contributed by atoms with Crippen LogP contribution in [0.4, 0.5) is 0 Å². The van der Waals surface area contributed by atoms with E-state index in [2.05, 4.69) is 10.5 Å². The quantitative estimate of drug-likeness (QED) is 0.657. The Kier molecular flexibility index (Phi) is 5.57. The lowest BCUT2D eigenvalue weighted by molar-refractivity contribution is 0.0955. The number of carbonyl (C=O) groups is 1. The lowest BCUT2D eigenvalue weighted by Gasteiger charge is -2.12. The summed E-state index contributed by atoms with van der Waals surface area (Å²) in [7, 11) is 4.61. The van der Waals surface area contributed by atoms with Crippen LogP contribution in [0, 0.1) is 0 Å². The van der Waals surface area contributed by atoms with Crippen LogP contribution >= 0.6 is 0 Å². The summed E-state index contributed by atoms with van der Waals surface area (Å²) >= 11 is 0. The molecule has 0 aliphatic rings. The van der Waals surface area contributed by atoms with Crippen LogP contribution in [0.5, 0.6) is 17.2 Å². The number of nitrogens with one attached hydrogen (secondary N) is 1. The molecule has 0 saturated carbocycles. The number of hydrogen-bond acceptors (Lipinski definition) is 5. The summed E-state index contributed by atoms with van der Waals surface area (Å²) < 4.78 is 15.8. The lowest BCUT2D eigenvalue weighted by Crippen LogP contribution is -2.17. The van der Waals surface area contributed by atoms with Gasteiger partial charge in [-0.25, -0.2) is 5.43 Å². The maximum absolute atomic E-state index is 11.9. The van der Waals surface area contributed by atoms with Crippen molar-refractivity contribution in [3.63, 3.8) is 0 Å². The molecule has 0 heterocycles. The Morgan fingerprint density at radius 1 is 1.00 bits per heavy atom. The summed E-state index contributed by atoms with van der Waals surface area (Å²) in [6, 6.07) is 12.3. The molecule has 0 fully saturated rings. The van der Waals surface area contributed by atoms with Crippen molar-refractivity contribution in [2.45, 2.75) is 0 Å². The molecular formula is C17H18N2O4. The van der Waals surface area contributed by atoms with Crippen molar-refractivity contribution in [1.82, 2.24) is 5.43 Å². The topological polar surface area (TPSA) is 69.2 Å². The van der Waals surface area contributed by atoms with Gasteiger partial charge in [-0.05, 0) is 24.3 Å². The number of ether oxygens (including phenoxy) is 3. The normalized spacial score (nSPS) is 10.4. The summed E-state index contributed by atoms with van der Waals surface area (Å²) in [5.41, 5.74) is 3.71. The van der Waals surface area contributed by atoms with E-state index in [1.54, 1.807) is 36.4 Å².